The molecule has 5 rings (SSSR count). The zero-order valence-electron chi connectivity index (χ0n) is 22.7. The molecule has 43 heavy (non-hydrogen) atoms. The Morgan fingerprint density at radius 3 is 1.44 bits per heavy atom. The lowest BCUT2D eigenvalue weighted by Crippen LogP contribution is -2.09. The summed E-state index contributed by atoms with van der Waals surface area (Å²) in [7, 11) is 1.40. The van der Waals surface area contributed by atoms with Gasteiger partial charge in [0.1, 0.15) is 11.5 Å². The molecule has 0 saturated heterocycles. The number of hydrogen-bond acceptors (Lipinski definition) is 2. The summed E-state index contributed by atoms with van der Waals surface area (Å²) in [6.45, 7) is 2.51. The van der Waals surface area contributed by atoms with Crippen molar-refractivity contribution in [1.29, 1.82) is 0 Å². The predicted molar refractivity (Wildman–Crippen MR) is 145 cm³/mol. The zero-order chi connectivity index (χ0) is 31.2. The van der Waals surface area contributed by atoms with Crippen molar-refractivity contribution < 1.29 is 44.6 Å². The number of halogens is 8. The third-order valence-corrected chi connectivity index (χ3v) is 6.92. The van der Waals surface area contributed by atoms with Gasteiger partial charge in [-0.1, -0.05) is 60.2 Å². The molecule has 0 bridgehead atoms. The molecule has 0 aliphatic rings. The van der Waals surface area contributed by atoms with Gasteiger partial charge in [0.2, 0.25) is 17.4 Å². The van der Waals surface area contributed by atoms with Crippen molar-refractivity contribution in [2.24, 2.45) is 0 Å². The largest absolute Gasteiger partial charge is 0.496 e. The molecule has 0 aliphatic heterocycles. The van der Waals surface area contributed by atoms with Gasteiger partial charge in [-0.25, -0.2) is 26.3 Å². The number of methoxy groups -OCH3 is 1. The molecule has 0 N–H and O–H groups in total. The molecule has 0 atom stereocenters. The average Bonchev–Trinajstić information content (AvgIpc) is 3.02. The fourth-order valence-corrected chi connectivity index (χ4v) is 4.61. The number of ether oxygens (including phenoxy) is 2. The van der Waals surface area contributed by atoms with E-state index in [0.717, 1.165) is 5.56 Å². The Morgan fingerprint density at radius 2 is 0.930 bits per heavy atom. The highest BCUT2D eigenvalue weighted by Gasteiger charge is 2.34. The Morgan fingerprint density at radius 1 is 0.488 bits per heavy atom. The van der Waals surface area contributed by atoms with Crippen molar-refractivity contribution in [3.63, 3.8) is 0 Å². The summed E-state index contributed by atoms with van der Waals surface area (Å²) in [6, 6.07) is 18.3. The van der Waals surface area contributed by atoms with Gasteiger partial charge in [0.25, 0.3) is 0 Å². The minimum absolute atomic E-state index is 0.208. The van der Waals surface area contributed by atoms with Crippen molar-refractivity contribution >= 4 is 0 Å². The van der Waals surface area contributed by atoms with Crippen LogP contribution in [0.3, 0.4) is 0 Å². The van der Waals surface area contributed by atoms with E-state index < -0.39 is 69.0 Å². The molecule has 0 fully saturated rings. The minimum atomic E-state index is -2.33. The Labute approximate surface area is 240 Å². The summed E-state index contributed by atoms with van der Waals surface area (Å²) >= 11 is 0. The van der Waals surface area contributed by atoms with Gasteiger partial charge >= 0.3 is 0 Å². The predicted octanol–water partition coefficient (Wildman–Crippen LogP) is 10.2. The van der Waals surface area contributed by atoms with Crippen LogP contribution in [0.1, 0.15) is 11.1 Å². The normalized spacial score (nSPS) is 11.1. The Bertz CT molecular complexity index is 1810. The van der Waals surface area contributed by atoms with Crippen molar-refractivity contribution in [3.05, 3.63) is 124 Å². The summed E-state index contributed by atoms with van der Waals surface area (Å²) in [6.07, 6.45) is 0. The van der Waals surface area contributed by atoms with Crippen LogP contribution in [0.25, 0.3) is 33.4 Å². The van der Waals surface area contributed by atoms with Gasteiger partial charge in [0.15, 0.2) is 34.9 Å². The SMILES string of the molecule is COc1cc(-c2ccc(C)cc2)c(Oc2c(F)c(F)c(-c3c(F)c(F)c(C)c(F)c3F)c(F)c2F)cc1-c1ccccc1. The van der Waals surface area contributed by atoms with Crippen LogP contribution >= 0.6 is 0 Å². The van der Waals surface area contributed by atoms with E-state index in [-0.39, 0.29) is 11.3 Å². The van der Waals surface area contributed by atoms with Crippen LogP contribution in [0.5, 0.6) is 17.2 Å². The summed E-state index contributed by atoms with van der Waals surface area (Å²) in [5.41, 5.74) is -2.49. The van der Waals surface area contributed by atoms with Gasteiger partial charge < -0.3 is 9.47 Å². The summed E-state index contributed by atoms with van der Waals surface area (Å²) < 4.78 is 130. The molecule has 5 aromatic rings. The van der Waals surface area contributed by atoms with Gasteiger partial charge in [0, 0.05) is 16.7 Å². The molecule has 10 heteroatoms. The molecule has 0 spiro atoms. The Balaban J connectivity index is 1.75. The van der Waals surface area contributed by atoms with Crippen LogP contribution in [0.4, 0.5) is 35.1 Å². The summed E-state index contributed by atoms with van der Waals surface area (Å²) in [4.78, 5) is 0. The fourth-order valence-electron chi connectivity index (χ4n) is 4.61. The molecule has 2 nitrogen and oxygen atoms in total. The highest BCUT2D eigenvalue weighted by atomic mass is 19.2. The summed E-state index contributed by atoms with van der Waals surface area (Å²) in [5, 5.41) is 0. The van der Waals surface area contributed by atoms with E-state index in [4.69, 9.17) is 9.47 Å². The van der Waals surface area contributed by atoms with Crippen LogP contribution in [0.15, 0.2) is 66.7 Å². The van der Waals surface area contributed by atoms with E-state index in [0.29, 0.717) is 29.4 Å². The maximum atomic E-state index is 15.4. The van der Waals surface area contributed by atoms with Crippen molar-refractivity contribution in [3.8, 4) is 50.6 Å². The van der Waals surface area contributed by atoms with E-state index in [1.807, 2.05) is 6.92 Å². The summed E-state index contributed by atoms with van der Waals surface area (Å²) in [5.74, 6) is -19.0. The minimum Gasteiger partial charge on any atom is -0.496 e. The van der Waals surface area contributed by atoms with Gasteiger partial charge in [0.05, 0.1) is 18.2 Å². The maximum absolute atomic E-state index is 15.4. The molecule has 0 aliphatic carbocycles. The van der Waals surface area contributed by atoms with Crippen LogP contribution < -0.4 is 9.47 Å². The lowest BCUT2D eigenvalue weighted by Gasteiger charge is -2.19. The quantitative estimate of drug-likeness (QED) is 0.143. The molecule has 0 unspecified atom stereocenters. The maximum Gasteiger partial charge on any atom is 0.205 e. The van der Waals surface area contributed by atoms with Gasteiger partial charge in [-0.05, 0) is 37.1 Å². The van der Waals surface area contributed by atoms with Gasteiger partial charge in [-0.15, -0.1) is 0 Å². The number of hydrogen-bond donors (Lipinski definition) is 0. The second kappa shape index (κ2) is 11.4. The monoisotopic (exact) mass is 600 g/mol. The Kier molecular flexibility index (Phi) is 7.88. The molecule has 0 saturated carbocycles. The lowest BCUT2D eigenvalue weighted by atomic mass is 9.97. The lowest BCUT2D eigenvalue weighted by molar-refractivity contribution is 0.366. The van der Waals surface area contributed by atoms with Crippen molar-refractivity contribution in [1.82, 2.24) is 0 Å². The molecule has 0 heterocycles. The molecular formula is C33H20F8O2. The van der Waals surface area contributed by atoms with E-state index in [9.17, 15) is 17.6 Å². The second-order valence-corrected chi connectivity index (χ2v) is 9.60. The first-order valence-electron chi connectivity index (χ1n) is 12.7. The Hall–Kier alpha value is -4.86. The van der Waals surface area contributed by atoms with Crippen molar-refractivity contribution in [2.45, 2.75) is 13.8 Å². The van der Waals surface area contributed by atoms with E-state index in [1.165, 1.54) is 19.2 Å². The third kappa shape index (κ3) is 5.07. The number of benzene rings is 5. The average molecular weight is 601 g/mol. The topological polar surface area (TPSA) is 18.5 Å². The van der Waals surface area contributed by atoms with Crippen LogP contribution in [0, 0.1) is 60.4 Å². The fraction of sp³-hybridized carbons (Fsp3) is 0.0909. The molecule has 0 amide bonds. The first kappa shape index (κ1) is 29.6. The first-order chi connectivity index (χ1) is 20.5. The van der Waals surface area contributed by atoms with Crippen LogP contribution in [0.2, 0.25) is 0 Å². The second-order valence-electron chi connectivity index (χ2n) is 9.60. The van der Waals surface area contributed by atoms with E-state index in [2.05, 4.69) is 0 Å². The van der Waals surface area contributed by atoms with E-state index in [1.54, 1.807) is 54.6 Å². The highest BCUT2D eigenvalue weighted by Crippen LogP contribution is 2.46. The molecule has 0 aromatic heterocycles. The van der Waals surface area contributed by atoms with Gasteiger partial charge in [-0.3, -0.25) is 0 Å². The molecule has 5 aromatic carbocycles. The molecular weight excluding hydrogens is 580 g/mol. The molecule has 220 valence electrons. The zero-order valence-corrected chi connectivity index (χ0v) is 22.7. The molecule has 0 radical (unpaired) electrons. The van der Waals surface area contributed by atoms with Crippen LogP contribution in [-0.4, -0.2) is 7.11 Å². The van der Waals surface area contributed by atoms with Crippen LogP contribution in [-0.2, 0) is 0 Å². The number of aryl methyl sites for hydroxylation is 1. The van der Waals surface area contributed by atoms with E-state index >= 15 is 17.6 Å². The smallest absolute Gasteiger partial charge is 0.205 e. The first-order valence-corrected chi connectivity index (χ1v) is 12.7. The highest BCUT2D eigenvalue weighted by molar-refractivity contribution is 5.82. The van der Waals surface area contributed by atoms with Gasteiger partial charge in [-0.2, -0.15) is 8.78 Å². The third-order valence-electron chi connectivity index (χ3n) is 6.92. The standard InChI is InChI=1S/C33H20F8O2/c1-15-9-11-18(12-10-15)20-13-21(42-3)19(17-7-5-4-6-8-17)14-22(20)43-33-31(40)29(38)24(30(39)32(33)41)23-27(36)25(34)16(2)26(35)28(23)37/h4-14H,1-3H3. The van der Waals surface area contributed by atoms with Crippen molar-refractivity contribution in [2.75, 3.05) is 7.11 Å². The number of rotatable bonds is 6.